The summed E-state index contributed by atoms with van der Waals surface area (Å²) in [6.45, 7) is 0.289. The predicted molar refractivity (Wildman–Crippen MR) is 51.4 cm³/mol. The van der Waals surface area contributed by atoms with Crippen LogP contribution < -0.4 is 0 Å². The molecule has 0 aromatic carbocycles. The smallest absolute Gasteiger partial charge is 0.256 e. The van der Waals surface area contributed by atoms with E-state index in [1.807, 2.05) is 6.07 Å². The third-order valence-electron chi connectivity index (χ3n) is 1.91. The van der Waals surface area contributed by atoms with Crippen molar-refractivity contribution in [3.63, 3.8) is 0 Å². The minimum atomic E-state index is -0.647. The molecule has 1 rings (SSSR count). The lowest BCUT2D eigenvalue weighted by atomic mass is 10.2. The van der Waals surface area contributed by atoms with Crippen molar-refractivity contribution in [1.29, 1.82) is 5.26 Å². The van der Waals surface area contributed by atoms with E-state index in [-0.39, 0.29) is 18.5 Å². The molecular formula is C10H10FN3O. The van der Waals surface area contributed by atoms with Crippen LogP contribution in [0, 0.1) is 17.1 Å². The van der Waals surface area contributed by atoms with E-state index in [4.69, 9.17) is 5.26 Å². The molecule has 0 spiro atoms. The number of aromatic nitrogens is 1. The zero-order chi connectivity index (χ0) is 11.3. The van der Waals surface area contributed by atoms with E-state index < -0.39 is 11.7 Å². The van der Waals surface area contributed by atoms with Crippen LogP contribution in [-0.2, 0) is 0 Å². The predicted octanol–water partition coefficient (Wildman–Crippen LogP) is 1.21. The number of halogens is 1. The summed E-state index contributed by atoms with van der Waals surface area (Å²) in [5.41, 5.74) is -0.0227. The van der Waals surface area contributed by atoms with Gasteiger partial charge in [-0.25, -0.2) is 4.39 Å². The number of hydrogen-bond acceptors (Lipinski definition) is 3. The summed E-state index contributed by atoms with van der Waals surface area (Å²) in [7, 11) is 1.53. The molecule has 1 heterocycles. The Morgan fingerprint density at radius 2 is 2.47 bits per heavy atom. The van der Waals surface area contributed by atoms with Gasteiger partial charge in [-0.15, -0.1) is 0 Å². The van der Waals surface area contributed by atoms with Crippen molar-refractivity contribution in [3.05, 3.63) is 29.8 Å². The number of carbonyl (C=O) groups excluding carboxylic acids is 1. The normalized spacial score (nSPS) is 9.40. The van der Waals surface area contributed by atoms with Crippen LogP contribution >= 0.6 is 0 Å². The van der Waals surface area contributed by atoms with Crippen molar-refractivity contribution in [2.75, 3.05) is 13.6 Å². The van der Waals surface area contributed by atoms with Gasteiger partial charge in [-0.1, -0.05) is 0 Å². The Morgan fingerprint density at radius 3 is 3.07 bits per heavy atom. The van der Waals surface area contributed by atoms with Gasteiger partial charge >= 0.3 is 0 Å². The molecule has 0 atom stereocenters. The number of carbonyl (C=O) groups is 1. The Labute approximate surface area is 87.0 Å². The summed E-state index contributed by atoms with van der Waals surface area (Å²) in [6.07, 6.45) is 2.58. The third-order valence-corrected chi connectivity index (χ3v) is 1.91. The Bertz CT molecular complexity index is 400. The average Bonchev–Trinajstić information content (AvgIpc) is 2.25. The molecule has 1 aromatic rings. The van der Waals surface area contributed by atoms with Crippen molar-refractivity contribution < 1.29 is 9.18 Å². The largest absolute Gasteiger partial charge is 0.341 e. The van der Waals surface area contributed by atoms with Gasteiger partial charge in [0.25, 0.3) is 5.91 Å². The SMILES string of the molecule is CN(CCC#N)C(=O)c1ccncc1F. The van der Waals surface area contributed by atoms with Gasteiger partial charge in [-0.05, 0) is 6.07 Å². The summed E-state index contributed by atoms with van der Waals surface area (Å²) >= 11 is 0. The molecule has 0 unspecified atom stereocenters. The Balaban J connectivity index is 2.77. The van der Waals surface area contributed by atoms with Crippen LogP contribution in [0.15, 0.2) is 18.5 Å². The first-order chi connectivity index (χ1) is 7.16. The second-order valence-electron chi connectivity index (χ2n) is 2.99. The highest BCUT2D eigenvalue weighted by Gasteiger charge is 2.15. The van der Waals surface area contributed by atoms with Gasteiger partial charge in [0.05, 0.1) is 24.3 Å². The molecule has 0 saturated carbocycles. The third kappa shape index (κ3) is 2.74. The Hall–Kier alpha value is -1.96. The van der Waals surface area contributed by atoms with E-state index >= 15 is 0 Å². The molecule has 78 valence electrons. The van der Waals surface area contributed by atoms with E-state index in [1.54, 1.807) is 0 Å². The monoisotopic (exact) mass is 207 g/mol. The van der Waals surface area contributed by atoms with Crippen LogP contribution in [0.5, 0.6) is 0 Å². The highest BCUT2D eigenvalue weighted by Crippen LogP contribution is 2.07. The molecule has 0 radical (unpaired) electrons. The highest BCUT2D eigenvalue weighted by atomic mass is 19.1. The fourth-order valence-electron chi connectivity index (χ4n) is 1.07. The summed E-state index contributed by atoms with van der Waals surface area (Å²) in [4.78, 5) is 16.5. The summed E-state index contributed by atoms with van der Waals surface area (Å²) in [5, 5.41) is 8.35. The van der Waals surface area contributed by atoms with Gasteiger partial charge in [0.2, 0.25) is 0 Å². The molecule has 1 amide bonds. The Kier molecular flexibility index (Phi) is 3.75. The molecule has 0 aliphatic carbocycles. The lowest BCUT2D eigenvalue weighted by Gasteiger charge is -2.15. The van der Waals surface area contributed by atoms with Crippen LogP contribution in [-0.4, -0.2) is 29.4 Å². The first kappa shape index (κ1) is 11.1. The standard InChI is InChI=1S/C10H10FN3O/c1-14(6-2-4-12)10(15)8-3-5-13-7-9(8)11/h3,5,7H,2,6H2,1H3. The molecule has 1 aromatic heterocycles. The van der Waals surface area contributed by atoms with Crippen LogP contribution in [0.1, 0.15) is 16.8 Å². The van der Waals surface area contributed by atoms with E-state index in [2.05, 4.69) is 4.98 Å². The number of nitriles is 1. The van der Waals surface area contributed by atoms with Crippen LogP contribution in [0.2, 0.25) is 0 Å². The first-order valence-corrected chi connectivity index (χ1v) is 4.38. The van der Waals surface area contributed by atoms with Gasteiger partial charge in [0.1, 0.15) is 0 Å². The van der Waals surface area contributed by atoms with Gasteiger partial charge in [0.15, 0.2) is 5.82 Å². The quantitative estimate of drug-likeness (QED) is 0.748. The zero-order valence-corrected chi connectivity index (χ0v) is 8.27. The maximum atomic E-state index is 13.1. The van der Waals surface area contributed by atoms with Crippen LogP contribution in [0.4, 0.5) is 4.39 Å². The number of pyridine rings is 1. The zero-order valence-electron chi connectivity index (χ0n) is 8.27. The molecular weight excluding hydrogens is 197 g/mol. The van der Waals surface area contributed by atoms with Crippen molar-refractivity contribution in [1.82, 2.24) is 9.88 Å². The average molecular weight is 207 g/mol. The van der Waals surface area contributed by atoms with Crippen LogP contribution in [0.3, 0.4) is 0 Å². The van der Waals surface area contributed by atoms with Gasteiger partial charge in [-0.3, -0.25) is 9.78 Å². The second-order valence-corrected chi connectivity index (χ2v) is 2.99. The molecule has 0 aliphatic rings. The molecule has 0 N–H and O–H groups in total. The van der Waals surface area contributed by atoms with Gasteiger partial charge in [-0.2, -0.15) is 5.26 Å². The van der Waals surface area contributed by atoms with Gasteiger partial charge in [0, 0.05) is 19.8 Å². The maximum Gasteiger partial charge on any atom is 0.256 e. The molecule has 0 bridgehead atoms. The van der Waals surface area contributed by atoms with Crippen molar-refractivity contribution >= 4 is 5.91 Å². The van der Waals surface area contributed by atoms with E-state index in [0.29, 0.717) is 0 Å². The topological polar surface area (TPSA) is 57.0 Å². The first-order valence-electron chi connectivity index (χ1n) is 4.38. The minimum Gasteiger partial charge on any atom is -0.341 e. The molecule has 0 aliphatic heterocycles. The van der Waals surface area contributed by atoms with E-state index in [0.717, 1.165) is 6.20 Å². The highest BCUT2D eigenvalue weighted by molar-refractivity contribution is 5.94. The number of rotatable bonds is 3. The fraction of sp³-hybridized carbons (Fsp3) is 0.300. The number of hydrogen-bond donors (Lipinski definition) is 0. The van der Waals surface area contributed by atoms with Crippen LogP contribution in [0.25, 0.3) is 0 Å². The maximum absolute atomic E-state index is 13.1. The minimum absolute atomic E-state index is 0.0227. The Morgan fingerprint density at radius 1 is 1.73 bits per heavy atom. The second kappa shape index (κ2) is 5.05. The van der Waals surface area contributed by atoms with Crippen molar-refractivity contribution in [2.45, 2.75) is 6.42 Å². The summed E-state index contributed by atoms with van der Waals surface area (Å²) in [6, 6.07) is 3.24. The number of amides is 1. The van der Waals surface area contributed by atoms with Crippen molar-refractivity contribution in [2.24, 2.45) is 0 Å². The van der Waals surface area contributed by atoms with E-state index in [1.165, 1.54) is 24.2 Å². The molecule has 5 heteroatoms. The summed E-state index contributed by atoms with van der Waals surface area (Å²) < 4.78 is 13.1. The lowest BCUT2D eigenvalue weighted by molar-refractivity contribution is 0.0793. The number of nitrogens with zero attached hydrogens (tertiary/aromatic N) is 3. The fourth-order valence-corrected chi connectivity index (χ4v) is 1.07. The van der Waals surface area contributed by atoms with Crippen molar-refractivity contribution in [3.8, 4) is 6.07 Å². The molecule has 0 fully saturated rings. The van der Waals surface area contributed by atoms with Gasteiger partial charge < -0.3 is 4.90 Å². The molecule has 15 heavy (non-hydrogen) atoms. The van der Waals surface area contributed by atoms with E-state index in [9.17, 15) is 9.18 Å². The summed E-state index contributed by atoms with van der Waals surface area (Å²) in [5.74, 6) is -1.09. The lowest BCUT2D eigenvalue weighted by Crippen LogP contribution is -2.28. The molecule has 0 saturated heterocycles. The molecule has 4 nitrogen and oxygen atoms in total.